The molecule has 0 spiro atoms. The fourth-order valence-corrected chi connectivity index (χ4v) is 4.99. The van der Waals surface area contributed by atoms with E-state index in [9.17, 15) is 17.6 Å². The molecule has 0 saturated heterocycles. The Morgan fingerprint density at radius 3 is 2.24 bits per heavy atom. The molecule has 1 saturated carbocycles. The lowest BCUT2D eigenvalue weighted by Gasteiger charge is -2.27. The maximum absolute atomic E-state index is 14.4. The number of benzene rings is 2. The maximum Gasteiger partial charge on any atom is 0.253 e. The zero-order valence-electron chi connectivity index (χ0n) is 19.3. The van der Waals surface area contributed by atoms with Crippen LogP contribution < -0.4 is 19.1 Å². The number of nitrogens with zero attached hydrogens (tertiary/aromatic N) is 1. The zero-order chi connectivity index (χ0) is 24.0. The highest BCUT2D eigenvalue weighted by Gasteiger charge is 2.28. The summed E-state index contributed by atoms with van der Waals surface area (Å²) in [4.78, 5) is 13.4. The Hall–Kier alpha value is -2.81. The van der Waals surface area contributed by atoms with Crippen molar-refractivity contribution in [1.29, 1.82) is 0 Å². The fraction of sp³-hybridized carbons (Fsp3) is 0.458. The average molecular weight is 479 g/mol. The van der Waals surface area contributed by atoms with E-state index in [2.05, 4.69) is 5.32 Å². The predicted octanol–water partition coefficient (Wildman–Crippen LogP) is 4.26. The number of carbonyl (C=O) groups excluding carboxylic acids is 1. The highest BCUT2D eigenvalue weighted by atomic mass is 32.2. The SMILES string of the molecule is COc1cc(C(=O)NC2CCCCCC2)c(N(Cc2ccccc2F)S(C)(=O)=O)cc1OC. The molecule has 33 heavy (non-hydrogen) atoms. The molecule has 7 nitrogen and oxygen atoms in total. The third kappa shape index (κ3) is 6.16. The number of rotatable bonds is 8. The molecule has 0 atom stereocenters. The van der Waals surface area contributed by atoms with Crippen molar-refractivity contribution in [2.45, 2.75) is 51.1 Å². The molecular weight excluding hydrogens is 447 g/mol. The number of nitrogens with one attached hydrogen (secondary N) is 1. The Labute approximate surface area is 194 Å². The zero-order valence-corrected chi connectivity index (χ0v) is 20.1. The summed E-state index contributed by atoms with van der Waals surface area (Å²) in [6.07, 6.45) is 7.12. The molecule has 0 radical (unpaired) electrons. The first-order valence-corrected chi connectivity index (χ1v) is 12.9. The molecule has 3 rings (SSSR count). The second-order valence-corrected chi connectivity index (χ2v) is 10.2. The summed E-state index contributed by atoms with van der Waals surface area (Å²) in [7, 11) is -1.01. The van der Waals surface area contributed by atoms with Gasteiger partial charge in [0.05, 0.1) is 38.3 Å². The van der Waals surface area contributed by atoms with Gasteiger partial charge in [0.25, 0.3) is 5.91 Å². The molecule has 1 amide bonds. The van der Waals surface area contributed by atoms with Gasteiger partial charge in [0.15, 0.2) is 11.5 Å². The molecule has 1 aliphatic rings. The number of amides is 1. The van der Waals surface area contributed by atoms with Crippen LogP contribution in [0, 0.1) is 5.82 Å². The van der Waals surface area contributed by atoms with Crippen LogP contribution in [0.5, 0.6) is 11.5 Å². The molecule has 0 bridgehead atoms. The summed E-state index contributed by atoms with van der Waals surface area (Å²) in [5, 5.41) is 3.06. The van der Waals surface area contributed by atoms with E-state index >= 15 is 0 Å². The van der Waals surface area contributed by atoms with Crippen LogP contribution in [0.1, 0.15) is 54.4 Å². The minimum atomic E-state index is -3.88. The van der Waals surface area contributed by atoms with Gasteiger partial charge in [-0.25, -0.2) is 12.8 Å². The van der Waals surface area contributed by atoms with Crippen molar-refractivity contribution in [3.8, 4) is 11.5 Å². The molecule has 9 heteroatoms. The summed E-state index contributed by atoms with van der Waals surface area (Å²) in [6, 6.07) is 8.88. The van der Waals surface area contributed by atoms with Gasteiger partial charge in [0.2, 0.25) is 10.0 Å². The molecule has 0 unspecified atom stereocenters. The number of hydrogen-bond acceptors (Lipinski definition) is 5. The van der Waals surface area contributed by atoms with Gasteiger partial charge >= 0.3 is 0 Å². The van der Waals surface area contributed by atoms with Crippen LogP contribution in [0.25, 0.3) is 0 Å². The number of hydrogen-bond donors (Lipinski definition) is 1. The smallest absolute Gasteiger partial charge is 0.253 e. The van der Waals surface area contributed by atoms with Crippen molar-refractivity contribution in [1.82, 2.24) is 5.32 Å². The van der Waals surface area contributed by atoms with Crippen LogP contribution in [0.3, 0.4) is 0 Å². The first-order chi connectivity index (χ1) is 15.7. The Bertz CT molecular complexity index is 1080. The molecule has 0 aliphatic heterocycles. The molecule has 1 N–H and O–H groups in total. The van der Waals surface area contributed by atoms with Gasteiger partial charge in [-0.05, 0) is 25.0 Å². The molecule has 2 aromatic rings. The Morgan fingerprint density at radius 1 is 1.06 bits per heavy atom. The van der Waals surface area contributed by atoms with E-state index in [0.717, 1.165) is 49.1 Å². The van der Waals surface area contributed by atoms with E-state index in [1.807, 2.05) is 0 Å². The van der Waals surface area contributed by atoms with Gasteiger partial charge in [0.1, 0.15) is 5.82 Å². The Balaban J connectivity index is 2.08. The average Bonchev–Trinajstić information content (AvgIpc) is 3.05. The first kappa shape index (κ1) is 24.8. The van der Waals surface area contributed by atoms with E-state index in [-0.39, 0.29) is 35.2 Å². The Kier molecular flexibility index (Phi) is 8.18. The minimum Gasteiger partial charge on any atom is -0.493 e. The molecule has 0 aromatic heterocycles. The van der Waals surface area contributed by atoms with Gasteiger partial charge in [-0.1, -0.05) is 43.9 Å². The van der Waals surface area contributed by atoms with E-state index in [1.165, 1.54) is 44.6 Å². The predicted molar refractivity (Wildman–Crippen MR) is 126 cm³/mol. The normalized spacial score (nSPS) is 14.9. The second kappa shape index (κ2) is 10.9. The van der Waals surface area contributed by atoms with Crippen LogP contribution in [0.4, 0.5) is 10.1 Å². The minimum absolute atomic E-state index is 0.0131. The van der Waals surface area contributed by atoms with Gasteiger partial charge in [-0.2, -0.15) is 0 Å². The van der Waals surface area contributed by atoms with Gasteiger partial charge < -0.3 is 14.8 Å². The second-order valence-electron chi connectivity index (χ2n) is 8.25. The number of ether oxygens (including phenoxy) is 2. The summed E-state index contributed by atoms with van der Waals surface area (Å²) in [5.74, 6) is -0.372. The lowest BCUT2D eigenvalue weighted by atomic mass is 10.1. The molecule has 180 valence electrons. The molecule has 1 fully saturated rings. The first-order valence-electron chi connectivity index (χ1n) is 11.0. The van der Waals surface area contributed by atoms with Crippen LogP contribution in [0.15, 0.2) is 36.4 Å². The molecule has 0 heterocycles. The highest BCUT2D eigenvalue weighted by molar-refractivity contribution is 7.92. The van der Waals surface area contributed by atoms with Crippen molar-refractivity contribution < 1.29 is 27.1 Å². The van der Waals surface area contributed by atoms with Crippen LogP contribution >= 0.6 is 0 Å². The van der Waals surface area contributed by atoms with E-state index in [4.69, 9.17) is 9.47 Å². The van der Waals surface area contributed by atoms with Crippen molar-refractivity contribution >= 4 is 21.6 Å². The number of anilines is 1. The summed E-state index contributed by atoms with van der Waals surface area (Å²) in [6.45, 7) is -0.273. The van der Waals surface area contributed by atoms with Crippen LogP contribution in [-0.4, -0.2) is 40.8 Å². The summed E-state index contributed by atoms with van der Waals surface area (Å²) in [5.41, 5.74) is 0.413. The largest absolute Gasteiger partial charge is 0.493 e. The standard InChI is InChI=1S/C24H31FN2O5S/c1-31-22-14-19(24(28)26-18-11-6-4-5-7-12-18)21(15-23(22)32-2)27(33(3,29)30)16-17-10-8-9-13-20(17)25/h8-10,13-15,18H,4-7,11-12,16H2,1-3H3,(H,26,28). The van der Waals surface area contributed by atoms with Gasteiger partial charge in [-0.15, -0.1) is 0 Å². The van der Waals surface area contributed by atoms with Crippen LogP contribution in [0.2, 0.25) is 0 Å². The lowest BCUT2D eigenvalue weighted by molar-refractivity contribution is 0.0933. The Morgan fingerprint density at radius 2 is 1.67 bits per heavy atom. The number of halogens is 1. The van der Waals surface area contributed by atoms with Crippen molar-refractivity contribution in [3.05, 3.63) is 53.3 Å². The fourth-order valence-electron chi connectivity index (χ4n) is 4.11. The topological polar surface area (TPSA) is 84.9 Å². The molecular formula is C24H31FN2O5S. The van der Waals surface area contributed by atoms with E-state index in [1.54, 1.807) is 6.07 Å². The van der Waals surface area contributed by atoms with Gasteiger partial charge in [0, 0.05) is 17.7 Å². The van der Waals surface area contributed by atoms with Crippen molar-refractivity contribution in [2.24, 2.45) is 0 Å². The monoisotopic (exact) mass is 478 g/mol. The van der Waals surface area contributed by atoms with Crippen LogP contribution in [-0.2, 0) is 16.6 Å². The molecule has 2 aromatic carbocycles. The van der Waals surface area contributed by atoms with Gasteiger partial charge in [-0.3, -0.25) is 9.10 Å². The number of carbonyl (C=O) groups is 1. The third-order valence-electron chi connectivity index (χ3n) is 5.88. The lowest BCUT2D eigenvalue weighted by Crippen LogP contribution is -2.37. The number of methoxy groups -OCH3 is 2. The van der Waals surface area contributed by atoms with Crippen molar-refractivity contribution in [2.75, 3.05) is 24.8 Å². The highest BCUT2D eigenvalue weighted by Crippen LogP contribution is 2.37. The number of sulfonamides is 1. The quantitative estimate of drug-likeness (QED) is 0.573. The summed E-state index contributed by atoms with van der Waals surface area (Å²) < 4.78 is 51.8. The van der Waals surface area contributed by atoms with Crippen molar-refractivity contribution in [3.63, 3.8) is 0 Å². The van der Waals surface area contributed by atoms with E-state index < -0.39 is 21.7 Å². The third-order valence-corrected chi connectivity index (χ3v) is 7.00. The maximum atomic E-state index is 14.4. The van der Waals surface area contributed by atoms with E-state index in [0.29, 0.717) is 5.75 Å². The molecule has 1 aliphatic carbocycles. The summed E-state index contributed by atoms with van der Waals surface area (Å²) >= 11 is 0.